The maximum Gasteiger partial charge on any atom is 0.269 e. The highest BCUT2D eigenvalue weighted by Gasteiger charge is 2.25. The van der Waals surface area contributed by atoms with Gasteiger partial charge in [0.25, 0.3) is 5.91 Å². The fraction of sp³-hybridized carbons (Fsp3) is 0.192. The number of nitrogen functional groups attached to an aromatic ring is 1. The molecule has 7 heteroatoms. The average Bonchev–Trinajstić information content (AvgIpc) is 3.37. The molecule has 0 bridgehead atoms. The zero-order valence-corrected chi connectivity index (χ0v) is 19.7. The predicted molar refractivity (Wildman–Crippen MR) is 138 cm³/mol. The summed E-state index contributed by atoms with van der Waals surface area (Å²) in [6, 6.07) is 18.9. The van der Waals surface area contributed by atoms with Crippen LogP contribution in [0.5, 0.6) is 0 Å². The third-order valence-electron chi connectivity index (χ3n) is 6.33. The minimum Gasteiger partial charge on any atom is -0.397 e. The number of thiazole rings is 1. The molecule has 0 saturated heterocycles. The predicted octanol–water partition coefficient (Wildman–Crippen LogP) is 6.32. The van der Waals surface area contributed by atoms with Crippen LogP contribution in [0.15, 0.2) is 54.6 Å². The number of carbonyl (C=O) groups is 1. The van der Waals surface area contributed by atoms with Crippen LogP contribution in [0.2, 0.25) is 0 Å². The van der Waals surface area contributed by atoms with Gasteiger partial charge in [-0.05, 0) is 67.0 Å². The van der Waals surface area contributed by atoms with Crippen LogP contribution in [0.1, 0.15) is 44.4 Å². The summed E-state index contributed by atoms with van der Waals surface area (Å²) in [5.74, 6) is 0.259. The third-order valence-corrected chi connectivity index (χ3v) is 8.37. The summed E-state index contributed by atoms with van der Waals surface area (Å²) < 4.78 is 1.05. The standard InChI is InChI=1S/C26H22N4OS2/c1-14-7-9-20-21(11-14)32-26(29-20)30-24(31)23-22(27)18-13-17-12-16(15-5-3-2-4-6-15)8-10-19(17)28-25(18)33-23/h2-7,9,11,13,16H,8,10,12,27H2,1H3,(H,29,30,31). The number of rotatable bonds is 3. The lowest BCUT2D eigenvalue weighted by molar-refractivity contribution is 0.103. The molecule has 3 N–H and O–H groups in total. The Labute approximate surface area is 199 Å². The smallest absolute Gasteiger partial charge is 0.269 e. The molecule has 3 aromatic heterocycles. The number of nitrogens with one attached hydrogen (secondary N) is 1. The molecule has 0 radical (unpaired) electrons. The number of carbonyl (C=O) groups excluding carboxylic acids is 1. The number of hydrogen-bond acceptors (Lipinski definition) is 6. The summed E-state index contributed by atoms with van der Waals surface area (Å²) in [5, 5.41) is 4.39. The Bertz CT molecular complexity index is 1520. The molecule has 0 aliphatic heterocycles. The zero-order valence-electron chi connectivity index (χ0n) is 18.1. The molecule has 0 fully saturated rings. The van der Waals surface area contributed by atoms with Gasteiger partial charge in [-0.15, -0.1) is 11.3 Å². The van der Waals surface area contributed by atoms with Gasteiger partial charge in [0.15, 0.2) is 5.13 Å². The van der Waals surface area contributed by atoms with Gasteiger partial charge in [-0.25, -0.2) is 9.97 Å². The van der Waals surface area contributed by atoms with Crippen LogP contribution in [0, 0.1) is 6.92 Å². The van der Waals surface area contributed by atoms with E-state index >= 15 is 0 Å². The SMILES string of the molecule is Cc1ccc2nc(NC(=O)c3sc4nc5c(cc4c3N)CC(c3ccccc3)CC5)sc2c1. The van der Waals surface area contributed by atoms with E-state index in [-0.39, 0.29) is 5.91 Å². The average molecular weight is 471 g/mol. The number of aromatic nitrogens is 2. The number of hydrogen-bond donors (Lipinski definition) is 2. The summed E-state index contributed by atoms with van der Waals surface area (Å²) in [7, 11) is 0. The van der Waals surface area contributed by atoms with Crippen molar-refractivity contribution in [2.45, 2.75) is 32.1 Å². The first kappa shape index (κ1) is 20.3. The van der Waals surface area contributed by atoms with E-state index in [2.05, 4.69) is 52.8 Å². The minimum absolute atomic E-state index is 0.230. The molecule has 1 aliphatic carbocycles. The Kier molecular flexibility index (Phi) is 4.89. The molecule has 5 nitrogen and oxygen atoms in total. The van der Waals surface area contributed by atoms with Gasteiger partial charge in [0.1, 0.15) is 9.71 Å². The van der Waals surface area contributed by atoms with Crippen LogP contribution in [0.25, 0.3) is 20.4 Å². The van der Waals surface area contributed by atoms with Gasteiger partial charge in [0, 0.05) is 11.1 Å². The Morgan fingerprint density at radius 1 is 1.09 bits per heavy atom. The lowest BCUT2D eigenvalue weighted by Crippen LogP contribution is -2.14. The van der Waals surface area contributed by atoms with Gasteiger partial charge >= 0.3 is 0 Å². The first-order chi connectivity index (χ1) is 16.0. The number of fused-ring (bicyclic) bond motifs is 3. The number of pyridine rings is 1. The Morgan fingerprint density at radius 2 is 1.94 bits per heavy atom. The largest absolute Gasteiger partial charge is 0.397 e. The molecule has 0 spiro atoms. The Morgan fingerprint density at radius 3 is 2.79 bits per heavy atom. The number of amides is 1. The summed E-state index contributed by atoms with van der Waals surface area (Å²) in [5.41, 5.74) is 12.7. The van der Waals surface area contributed by atoms with Gasteiger partial charge in [-0.1, -0.05) is 47.7 Å². The van der Waals surface area contributed by atoms with Crippen molar-refractivity contribution in [2.24, 2.45) is 0 Å². The van der Waals surface area contributed by atoms with E-state index in [1.54, 1.807) is 0 Å². The summed E-state index contributed by atoms with van der Waals surface area (Å²) in [6.07, 6.45) is 2.97. The molecule has 1 aliphatic rings. The monoisotopic (exact) mass is 470 g/mol. The Balaban J connectivity index is 1.30. The highest BCUT2D eigenvalue weighted by Crippen LogP contribution is 2.39. The molecule has 5 aromatic rings. The number of benzene rings is 2. The van der Waals surface area contributed by atoms with Crippen molar-refractivity contribution in [3.05, 3.63) is 81.9 Å². The van der Waals surface area contributed by atoms with Crippen molar-refractivity contribution in [3.63, 3.8) is 0 Å². The van der Waals surface area contributed by atoms with Crippen molar-refractivity contribution < 1.29 is 4.79 Å². The molecule has 1 unspecified atom stereocenters. The number of anilines is 2. The number of aryl methyl sites for hydroxylation is 2. The van der Waals surface area contributed by atoms with Gasteiger partial charge in [0.2, 0.25) is 0 Å². The highest BCUT2D eigenvalue weighted by atomic mass is 32.1. The topological polar surface area (TPSA) is 80.9 Å². The van der Waals surface area contributed by atoms with Crippen molar-refractivity contribution >= 4 is 59.8 Å². The van der Waals surface area contributed by atoms with Gasteiger partial charge < -0.3 is 5.73 Å². The van der Waals surface area contributed by atoms with Crippen LogP contribution in [0.4, 0.5) is 10.8 Å². The zero-order chi connectivity index (χ0) is 22.5. The summed E-state index contributed by atoms with van der Waals surface area (Å²) in [6.45, 7) is 2.05. The van der Waals surface area contributed by atoms with Crippen molar-refractivity contribution in [1.29, 1.82) is 0 Å². The second-order valence-corrected chi connectivity index (χ2v) is 10.6. The van der Waals surface area contributed by atoms with E-state index in [4.69, 9.17) is 10.7 Å². The normalized spacial score (nSPS) is 15.6. The fourth-order valence-corrected chi connectivity index (χ4v) is 6.56. The molecule has 1 atom stereocenters. The van der Waals surface area contributed by atoms with Crippen LogP contribution in [0.3, 0.4) is 0 Å². The van der Waals surface area contributed by atoms with E-state index in [1.165, 1.54) is 39.4 Å². The number of nitrogens with zero attached hydrogens (tertiary/aromatic N) is 2. The molecular formula is C26H22N4OS2. The van der Waals surface area contributed by atoms with Crippen LogP contribution in [-0.2, 0) is 12.8 Å². The Hall–Kier alpha value is -3.29. The first-order valence-corrected chi connectivity index (χ1v) is 12.6. The quantitative estimate of drug-likeness (QED) is 0.323. The maximum absolute atomic E-state index is 13.1. The number of thiophene rings is 1. The highest BCUT2D eigenvalue weighted by molar-refractivity contribution is 7.23. The summed E-state index contributed by atoms with van der Waals surface area (Å²) in [4.78, 5) is 23.8. The van der Waals surface area contributed by atoms with Gasteiger partial charge in [-0.3, -0.25) is 10.1 Å². The van der Waals surface area contributed by atoms with Crippen molar-refractivity contribution in [2.75, 3.05) is 11.1 Å². The molecule has 3 heterocycles. The maximum atomic E-state index is 13.1. The molecule has 1 amide bonds. The molecule has 33 heavy (non-hydrogen) atoms. The first-order valence-electron chi connectivity index (χ1n) is 11.0. The van der Waals surface area contributed by atoms with E-state index < -0.39 is 0 Å². The van der Waals surface area contributed by atoms with Crippen molar-refractivity contribution in [1.82, 2.24) is 9.97 Å². The fourth-order valence-electron chi connectivity index (χ4n) is 4.61. The lowest BCUT2D eigenvalue weighted by atomic mass is 9.82. The number of nitrogens with two attached hydrogens (primary N) is 1. The van der Waals surface area contributed by atoms with E-state index in [0.717, 1.165) is 45.4 Å². The summed E-state index contributed by atoms with van der Waals surface area (Å²) >= 11 is 2.83. The van der Waals surface area contributed by atoms with Gasteiger partial charge in [-0.2, -0.15) is 0 Å². The van der Waals surface area contributed by atoms with Crippen LogP contribution in [-0.4, -0.2) is 15.9 Å². The molecular weight excluding hydrogens is 448 g/mol. The van der Waals surface area contributed by atoms with E-state index in [9.17, 15) is 4.79 Å². The third kappa shape index (κ3) is 3.67. The van der Waals surface area contributed by atoms with Gasteiger partial charge in [0.05, 0.1) is 15.9 Å². The minimum atomic E-state index is -0.230. The van der Waals surface area contributed by atoms with Crippen LogP contribution >= 0.6 is 22.7 Å². The van der Waals surface area contributed by atoms with E-state index in [1.807, 2.05) is 19.1 Å². The van der Waals surface area contributed by atoms with E-state index in [0.29, 0.717) is 21.6 Å². The van der Waals surface area contributed by atoms with Crippen molar-refractivity contribution in [3.8, 4) is 0 Å². The molecule has 0 saturated carbocycles. The molecule has 164 valence electrons. The molecule has 6 rings (SSSR count). The lowest BCUT2D eigenvalue weighted by Gasteiger charge is -2.24. The second-order valence-electron chi connectivity index (χ2n) is 8.59. The van der Waals surface area contributed by atoms with Crippen LogP contribution < -0.4 is 11.1 Å². The second kappa shape index (κ2) is 7.93. The molecule has 2 aromatic carbocycles.